The van der Waals surface area contributed by atoms with Gasteiger partial charge in [0.2, 0.25) is 0 Å². The number of phenols is 1. The summed E-state index contributed by atoms with van der Waals surface area (Å²) in [6.07, 6.45) is 7.95. The minimum absolute atomic E-state index is 0.214. The number of rotatable bonds is 6. The molecule has 0 atom stereocenters. The second-order valence-corrected chi connectivity index (χ2v) is 6.18. The van der Waals surface area contributed by atoms with Crippen LogP contribution in [0.1, 0.15) is 30.0 Å². The Kier molecular flexibility index (Phi) is 5.15. The van der Waals surface area contributed by atoms with Gasteiger partial charge in [-0.25, -0.2) is 9.67 Å². The number of piperidine rings is 1. The van der Waals surface area contributed by atoms with E-state index >= 15 is 0 Å². The van der Waals surface area contributed by atoms with Crippen molar-refractivity contribution in [2.75, 3.05) is 20.2 Å². The summed E-state index contributed by atoms with van der Waals surface area (Å²) in [5, 5.41) is 14.4. The third-order valence-corrected chi connectivity index (χ3v) is 4.57. The number of phenolic OH excluding ortho intramolecular Hbond substituents is 1. The Morgan fingerprint density at radius 3 is 2.79 bits per heavy atom. The van der Waals surface area contributed by atoms with Crippen LogP contribution in [0.25, 0.3) is 0 Å². The Balaban J connectivity index is 1.66. The number of methoxy groups -OCH3 is 1. The molecule has 3 rings (SSSR count). The van der Waals surface area contributed by atoms with Gasteiger partial charge < -0.3 is 9.84 Å². The molecule has 2 aromatic rings. The number of aromatic hydroxyl groups is 1. The van der Waals surface area contributed by atoms with Crippen molar-refractivity contribution in [1.82, 2.24) is 19.7 Å². The van der Waals surface area contributed by atoms with Gasteiger partial charge in [0, 0.05) is 25.2 Å². The van der Waals surface area contributed by atoms with E-state index in [9.17, 15) is 5.11 Å². The molecular formula is C18H24N4O2. The predicted octanol–water partition coefficient (Wildman–Crippen LogP) is 2.56. The minimum atomic E-state index is 0.214. The van der Waals surface area contributed by atoms with E-state index in [1.165, 1.54) is 0 Å². The standard InChI is InChI=1S/C18H24N4O2/c1-3-4-15-9-14(10-17(24-2)18(15)23)11-21-7-5-16(6-8-21)22-13-19-12-20-22/h3,9-10,12-13,16,23H,1,4-8,11H2,2H3. The smallest absolute Gasteiger partial charge is 0.161 e. The van der Waals surface area contributed by atoms with Crippen LogP contribution in [-0.4, -0.2) is 45.0 Å². The molecule has 0 aliphatic carbocycles. The number of hydrogen-bond acceptors (Lipinski definition) is 5. The topological polar surface area (TPSA) is 63.4 Å². The summed E-state index contributed by atoms with van der Waals surface area (Å²) in [7, 11) is 1.58. The van der Waals surface area contributed by atoms with E-state index in [2.05, 4.69) is 21.6 Å². The fraction of sp³-hybridized carbons (Fsp3) is 0.444. The van der Waals surface area contributed by atoms with Crippen molar-refractivity contribution >= 4 is 0 Å². The lowest BCUT2D eigenvalue weighted by molar-refractivity contribution is 0.173. The van der Waals surface area contributed by atoms with Gasteiger partial charge in [-0.05, 0) is 30.9 Å². The molecule has 0 bridgehead atoms. The van der Waals surface area contributed by atoms with E-state index in [1.807, 2.05) is 16.8 Å². The Morgan fingerprint density at radius 1 is 1.38 bits per heavy atom. The van der Waals surface area contributed by atoms with Gasteiger partial charge in [-0.1, -0.05) is 12.1 Å². The van der Waals surface area contributed by atoms with Crippen LogP contribution >= 0.6 is 0 Å². The summed E-state index contributed by atoms with van der Waals surface area (Å²) >= 11 is 0. The minimum Gasteiger partial charge on any atom is -0.504 e. The van der Waals surface area contributed by atoms with E-state index in [0.29, 0.717) is 18.2 Å². The van der Waals surface area contributed by atoms with Crippen molar-refractivity contribution in [3.05, 3.63) is 48.6 Å². The lowest BCUT2D eigenvalue weighted by Crippen LogP contribution is -2.34. The van der Waals surface area contributed by atoms with Gasteiger partial charge in [-0.2, -0.15) is 5.10 Å². The van der Waals surface area contributed by atoms with Gasteiger partial charge in [0.1, 0.15) is 12.7 Å². The van der Waals surface area contributed by atoms with Crippen LogP contribution in [-0.2, 0) is 13.0 Å². The van der Waals surface area contributed by atoms with Crippen molar-refractivity contribution in [3.63, 3.8) is 0 Å². The highest BCUT2D eigenvalue weighted by Gasteiger charge is 2.21. The molecule has 6 heteroatoms. The molecule has 1 aromatic heterocycles. The molecule has 0 radical (unpaired) electrons. The van der Waals surface area contributed by atoms with Crippen molar-refractivity contribution in [2.45, 2.75) is 31.8 Å². The number of aromatic nitrogens is 3. The summed E-state index contributed by atoms with van der Waals surface area (Å²) in [6.45, 7) is 6.64. The SMILES string of the molecule is C=CCc1cc(CN2CCC(n3cncn3)CC2)cc(OC)c1O. The Hall–Kier alpha value is -2.34. The Morgan fingerprint density at radius 2 is 2.17 bits per heavy atom. The summed E-state index contributed by atoms with van der Waals surface area (Å²) in [5.74, 6) is 0.743. The van der Waals surface area contributed by atoms with Crippen LogP contribution < -0.4 is 4.74 Å². The quantitative estimate of drug-likeness (QED) is 0.826. The molecular weight excluding hydrogens is 304 g/mol. The van der Waals surface area contributed by atoms with Crippen LogP contribution in [0.5, 0.6) is 11.5 Å². The summed E-state index contributed by atoms with van der Waals surface area (Å²) < 4.78 is 7.27. The highest BCUT2D eigenvalue weighted by atomic mass is 16.5. The first kappa shape index (κ1) is 16.5. The molecule has 1 fully saturated rings. The zero-order valence-electron chi connectivity index (χ0n) is 14.1. The van der Waals surface area contributed by atoms with Gasteiger partial charge in [0.15, 0.2) is 11.5 Å². The Bertz CT molecular complexity index is 677. The fourth-order valence-electron chi connectivity index (χ4n) is 3.29. The molecule has 1 N–H and O–H groups in total. The molecule has 1 aliphatic rings. The van der Waals surface area contributed by atoms with E-state index in [-0.39, 0.29) is 5.75 Å². The van der Waals surface area contributed by atoms with Crippen LogP contribution in [0.4, 0.5) is 0 Å². The average Bonchev–Trinajstić information content (AvgIpc) is 3.13. The van der Waals surface area contributed by atoms with Crippen molar-refractivity contribution < 1.29 is 9.84 Å². The van der Waals surface area contributed by atoms with Crippen molar-refractivity contribution in [2.24, 2.45) is 0 Å². The van der Waals surface area contributed by atoms with E-state index in [4.69, 9.17) is 4.74 Å². The van der Waals surface area contributed by atoms with Crippen LogP contribution in [0, 0.1) is 0 Å². The second-order valence-electron chi connectivity index (χ2n) is 6.18. The highest BCUT2D eigenvalue weighted by Crippen LogP contribution is 2.33. The van der Waals surface area contributed by atoms with Gasteiger partial charge in [-0.15, -0.1) is 6.58 Å². The first-order valence-corrected chi connectivity index (χ1v) is 8.27. The molecule has 6 nitrogen and oxygen atoms in total. The van der Waals surface area contributed by atoms with Crippen LogP contribution in [0.3, 0.4) is 0 Å². The molecule has 0 unspecified atom stereocenters. The third kappa shape index (κ3) is 3.59. The molecule has 1 aliphatic heterocycles. The van der Waals surface area contributed by atoms with Crippen LogP contribution in [0.15, 0.2) is 37.4 Å². The predicted molar refractivity (Wildman–Crippen MR) is 92.1 cm³/mol. The molecule has 0 saturated carbocycles. The lowest BCUT2D eigenvalue weighted by atomic mass is 10.0. The van der Waals surface area contributed by atoms with Gasteiger partial charge >= 0.3 is 0 Å². The first-order chi connectivity index (χ1) is 11.7. The zero-order valence-corrected chi connectivity index (χ0v) is 14.1. The molecule has 1 saturated heterocycles. The van der Waals surface area contributed by atoms with E-state index in [1.54, 1.807) is 25.8 Å². The average molecular weight is 328 g/mol. The number of benzene rings is 1. The summed E-state index contributed by atoms with van der Waals surface area (Å²) in [4.78, 5) is 6.46. The van der Waals surface area contributed by atoms with E-state index < -0.39 is 0 Å². The summed E-state index contributed by atoms with van der Waals surface area (Å²) in [5.41, 5.74) is 2.01. The van der Waals surface area contributed by atoms with Crippen molar-refractivity contribution in [3.8, 4) is 11.5 Å². The lowest BCUT2D eigenvalue weighted by Gasteiger charge is -2.32. The van der Waals surface area contributed by atoms with Crippen molar-refractivity contribution in [1.29, 1.82) is 0 Å². The molecule has 24 heavy (non-hydrogen) atoms. The zero-order chi connectivity index (χ0) is 16.9. The Labute approximate surface area is 142 Å². The normalized spacial score (nSPS) is 16.2. The maximum absolute atomic E-state index is 10.2. The van der Waals surface area contributed by atoms with Gasteiger partial charge in [0.25, 0.3) is 0 Å². The van der Waals surface area contributed by atoms with Gasteiger partial charge in [-0.3, -0.25) is 4.90 Å². The largest absolute Gasteiger partial charge is 0.504 e. The maximum Gasteiger partial charge on any atom is 0.161 e. The third-order valence-electron chi connectivity index (χ3n) is 4.57. The molecule has 2 heterocycles. The van der Waals surface area contributed by atoms with Gasteiger partial charge in [0.05, 0.1) is 13.2 Å². The number of hydrogen-bond donors (Lipinski definition) is 1. The summed E-state index contributed by atoms with van der Waals surface area (Å²) in [6, 6.07) is 4.41. The number of allylic oxidation sites excluding steroid dienone is 1. The maximum atomic E-state index is 10.2. The fourth-order valence-corrected chi connectivity index (χ4v) is 3.29. The molecule has 128 valence electrons. The second kappa shape index (κ2) is 7.49. The van der Waals surface area contributed by atoms with E-state index in [0.717, 1.165) is 43.6 Å². The molecule has 0 amide bonds. The number of ether oxygens (including phenoxy) is 1. The molecule has 0 spiro atoms. The monoisotopic (exact) mass is 328 g/mol. The highest BCUT2D eigenvalue weighted by molar-refractivity contribution is 5.49. The molecule has 1 aromatic carbocycles. The number of likely N-dealkylation sites (tertiary alicyclic amines) is 1. The number of nitrogens with zero attached hydrogens (tertiary/aromatic N) is 4. The first-order valence-electron chi connectivity index (χ1n) is 8.27. The van der Waals surface area contributed by atoms with Crippen LogP contribution in [0.2, 0.25) is 0 Å².